The summed E-state index contributed by atoms with van der Waals surface area (Å²) < 4.78 is 10.9. The lowest BCUT2D eigenvalue weighted by Crippen LogP contribution is -1.83. The maximum atomic E-state index is 9.48. The highest BCUT2D eigenvalue weighted by Crippen LogP contribution is 2.27. The van der Waals surface area contributed by atoms with E-state index >= 15 is 0 Å². The Morgan fingerprint density at radius 3 is 2.42 bits per heavy atom. The second-order valence-electron chi connectivity index (χ2n) is 4.25. The number of hydrogen-bond donors (Lipinski definition) is 1. The highest BCUT2D eigenvalue weighted by molar-refractivity contribution is 5.80. The molecule has 0 aliphatic rings. The Hall–Kier alpha value is -2.55. The van der Waals surface area contributed by atoms with E-state index < -0.39 is 0 Å². The maximum Gasteiger partial charge on any atom is 0.364 e. The van der Waals surface area contributed by atoms with Crippen LogP contribution in [-0.4, -0.2) is 12.2 Å². The zero-order valence-electron chi connectivity index (χ0n) is 10.5. The van der Waals surface area contributed by atoms with E-state index in [1.165, 1.54) is 0 Å². The van der Waals surface area contributed by atoms with E-state index in [2.05, 4.69) is 0 Å². The summed E-state index contributed by atoms with van der Waals surface area (Å²) in [5.41, 5.74) is 1.62. The molecule has 0 fully saturated rings. The van der Waals surface area contributed by atoms with Crippen molar-refractivity contribution in [3.63, 3.8) is 0 Å². The smallest absolute Gasteiger partial charge is 0.364 e. The first-order valence-corrected chi connectivity index (χ1v) is 5.96. The molecule has 0 spiro atoms. The van der Waals surface area contributed by atoms with Crippen molar-refractivity contribution in [2.45, 2.75) is 0 Å². The molecule has 0 saturated carbocycles. The van der Waals surface area contributed by atoms with Gasteiger partial charge in [0.25, 0.3) is 0 Å². The Morgan fingerprint density at radius 2 is 1.68 bits per heavy atom. The monoisotopic (exact) mass is 253 g/mol. The fourth-order valence-corrected chi connectivity index (χ4v) is 1.98. The third-order valence-electron chi connectivity index (χ3n) is 3.01. The number of rotatable bonds is 2. The molecular formula is C16H13O3+. The van der Waals surface area contributed by atoms with Crippen molar-refractivity contribution >= 4 is 11.0 Å². The van der Waals surface area contributed by atoms with Gasteiger partial charge in [-0.1, -0.05) is 0 Å². The third kappa shape index (κ3) is 2.22. The zero-order chi connectivity index (χ0) is 13.2. The van der Waals surface area contributed by atoms with Crippen LogP contribution < -0.4 is 4.74 Å². The van der Waals surface area contributed by atoms with Gasteiger partial charge in [0.15, 0.2) is 0 Å². The number of phenols is 1. The van der Waals surface area contributed by atoms with E-state index in [1.807, 2.05) is 42.5 Å². The van der Waals surface area contributed by atoms with Gasteiger partial charge in [-0.15, -0.1) is 0 Å². The number of ether oxygens (including phenoxy) is 1. The van der Waals surface area contributed by atoms with Gasteiger partial charge < -0.3 is 9.84 Å². The highest BCUT2D eigenvalue weighted by atomic mass is 16.5. The van der Waals surface area contributed by atoms with Gasteiger partial charge in [0.1, 0.15) is 11.5 Å². The molecule has 0 unspecified atom stereocenters. The Morgan fingerprint density at radius 1 is 0.947 bits per heavy atom. The van der Waals surface area contributed by atoms with Gasteiger partial charge in [-0.25, -0.2) is 4.42 Å². The molecule has 94 valence electrons. The molecule has 3 rings (SSSR count). The molecule has 19 heavy (non-hydrogen) atoms. The third-order valence-corrected chi connectivity index (χ3v) is 3.01. The van der Waals surface area contributed by atoms with Gasteiger partial charge in [-0.2, -0.15) is 0 Å². The number of methoxy groups -OCH3 is 1. The summed E-state index contributed by atoms with van der Waals surface area (Å²) >= 11 is 0. The Labute approximate surface area is 110 Å². The lowest BCUT2D eigenvalue weighted by Gasteiger charge is -1.98. The van der Waals surface area contributed by atoms with Gasteiger partial charge in [0, 0.05) is 6.07 Å². The van der Waals surface area contributed by atoms with Crippen molar-refractivity contribution in [1.29, 1.82) is 0 Å². The predicted octanol–water partition coefficient (Wildman–Crippen LogP) is 4.10. The molecule has 3 heteroatoms. The van der Waals surface area contributed by atoms with Crippen LogP contribution in [0.15, 0.2) is 59.0 Å². The zero-order valence-corrected chi connectivity index (χ0v) is 10.5. The first-order chi connectivity index (χ1) is 9.26. The first kappa shape index (κ1) is 11.5. The van der Waals surface area contributed by atoms with E-state index in [4.69, 9.17) is 9.15 Å². The van der Waals surface area contributed by atoms with E-state index in [9.17, 15) is 5.11 Å². The largest absolute Gasteiger partial charge is 0.508 e. The first-order valence-electron chi connectivity index (χ1n) is 5.96. The molecule has 0 radical (unpaired) electrons. The molecule has 1 aromatic heterocycles. The summed E-state index contributed by atoms with van der Waals surface area (Å²) in [5.74, 6) is 1.76. The molecule has 3 aromatic rings. The fourth-order valence-electron chi connectivity index (χ4n) is 1.98. The standard InChI is InChI=1S/C16H12O3/c1-18-14-7-3-11(4-8-14)15-9-5-12-2-6-13(17)10-16(12)19-15/h2-10H,1H3/p+1. The average molecular weight is 253 g/mol. The fraction of sp³-hybridized carbons (Fsp3) is 0.0625. The van der Waals surface area contributed by atoms with Crippen LogP contribution in [0.3, 0.4) is 0 Å². The lowest BCUT2D eigenvalue weighted by molar-refractivity contribution is 0.415. The quantitative estimate of drug-likeness (QED) is 0.699. The van der Waals surface area contributed by atoms with Crippen molar-refractivity contribution in [3.05, 3.63) is 54.6 Å². The summed E-state index contributed by atoms with van der Waals surface area (Å²) in [4.78, 5) is 0. The molecule has 0 aliphatic heterocycles. The van der Waals surface area contributed by atoms with Crippen LogP contribution >= 0.6 is 0 Å². The molecule has 0 atom stereocenters. The number of fused-ring (bicyclic) bond motifs is 1. The number of benzene rings is 2. The van der Waals surface area contributed by atoms with Gasteiger partial charge >= 0.3 is 11.3 Å². The predicted molar refractivity (Wildman–Crippen MR) is 74.3 cm³/mol. The van der Waals surface area contributed by atoms with Crippen LogP contribution in [0, 0.1) is 0 Å². The number of hydrogen-bond acceptors (Lipinski definition) is 2. The molecule has 1 heterocycles. The van der Waals surface area contributed by atoms with E-state index in [1.54, 1.807) is 19.2 Å². The van der Waals surface area contributed by atoms with Crippen LogP contribution in [0.5, 0.6) is 11.5 Å². The summed E-state index contributed by atoms with van der Waals surface area (Å²) in [6.45, 7) is 0. The topological polar surface area (TPSA) is 40.8 Å². The minimum atomic E-state index is 0.197. The molecule has 0 aliphatic carbocycles. The van der Waals surface area contributed by atoms with Gasteiger partial charge in [0.05, 0.1) is 24.1 Å². The Balaban J connectivity index is 2.08. The SMILES string of the molecule is COc1ccc(-c2ccc3ccc(O)cc3[o+]2)cc1. The van der Waals surface area contributed by atoms with Gasteiger partial charge in [-0.3, -0.25) is 0 Å². The second-order valence-corrected chi connectivity index (χ2v) is 4.25. The van der Waals surface area contributed by atoms with Gasteiger partial charge in [0.2, 0.25) is 0 Å². The van der Waals surface area contributed by atoms with Crippen LogP contribution in [0.2, 0.25) is 0 Å². The van der Waals surface area contributed by atoms with Crippen LogP contribution in [0.4, 0.5) is 0 Å². The van der Waals surface area contributed by atoms with Crippen LogP contribution in [-0.2, 0) is 0 Å². The average Bonchev–Trinajstić information content (AvgIpc) is 2.46. The summed E-state index contributed by atoms with van der Waals surface area (Å²) in [6, 6.07) is 16.6. The molecule has 0 bridgehead atoms. The van der Waals surface area contributed by atoms with Crippen molar-refractivity contribution < 1.29 is 14.3 Å². The minimum Gasteiger partial charge on any atom is -0.508 e. The molecule has 2 aromatic carbocycles. The van der Waals surface area contributed by atoms with E-state index in [0.29, 0.717) is 5.58 Å². The summed E-state index contributed by atoms with van der Waals surface area (Å²) in [7, 11) is 1.64. The van der Waals surface area contributed by atoms with Crippen molar-refractivity contribution in [1.82, 2.24) is 0 Å². The normalized spacial score (nSPS) is 10.6. The second kappa shape index (κ2) is 4.61. The molecule has 0 amide bonds. The highest BCUT2D eigenvalue weighted by Gasteiger charge is 2.14. The van der Waals surface area contributed by atoms with Crippen molar-refractivity contribution in [3.8, 4) is 22.8 Å². The minimum absolute atomic E-state index is 0.197. The summed E-state index contributed by atoms with van der Waals surface area (Å²) in [6.07, 6.45) is 0. The number of phenolic OH excluding ortho intramolecular Hbond substituents is 1. The molecule has 1 N–H and O–H groups in total. The van der Waals surface area contributed by atoms with E-state index in [0.717, 1.165) is 22.5 Å². The molecule has 0 saturated heterocycles. The number of aromatic hydroxyl groups is 1. The van der Waals surface area contributed by atoms with E-state index in [-0.39, 0.29) is 5.75 Å². The lowest BCUT2D eigenvalue weighted by atomic mass is 10.1. The molecule has 3 nitrogen and oxygen atoms in total. The summed E-state index contributed by atoms with van der Waals surface area (Å²) in [5, 5.41) is 10.4. The Kier molecular flexibility index (Phi) is 2.80. The molecular weight excluding hydrogens is 240 g/mol. The maximum absolute atomic E-state index is 9.48. The Bertz CT molecular complexity index is 718. The van der Waals surface area contributed by atoms with Crippen LogP contribution in [0.1, 0.15) is 0 Å². The van der Waals surface area contributed by atoms with Gasteiger partial charge in [-0.05, 0) is 42.5 Å². The van der Waals surface area contributed by atoms with Crippen LogP contribution in [0.25, 0.3) is 22.3 Å². The van der Waals surface area contributed by atoms with Crippen molar-refractivity contribution in [2.75, 3.05) is 7.11 Å². The van der Waals surface area contributed by atoms with Crippen molar-refractivity contribution in [2.24, 2.45) is 0 Å².